The molecule has 0 bridgehead atoms. The van der Waals surface area contributed by atoms with Gasteiger partial charge in [-0.05, 0) is 44.7 Å². The van der Waals surface area contributed by atoms with Crippen molar-refractivity contribution in [1.29, 1.82) is 0 Å². The number of ether oxygens (including phenoxy) is 2. The van der Waals surface area contributed by atoms with Gasteiger partial charge in [-0.1, -0.05) is 26.0 Å². The van der Waals surface area contributed by atoms with E-state index in [2.05, 4.69) is 52.4 Å². The van der Waals surface area contributed by atoms with E-state index in [1.54, 1.807) is 7.11 Å². The maximum atomic E-state index is 6.38. The van der Waals surface area contributed by atoms with Crippen molar-refractivity contribution in [3.05, 3.63) is 23.8 Å². The van der Waals surface area contributed by atoms with Crippen LogP contribution in [0.2, 0.25) is 0 Å². The predicted molar refractivity (Wildman–Crippen MR) is 132 cm³/mol. The molecule has 1 heterocycles. The van der Waals surface area contributed by atoms with E-state index in [4.69, 9.17) is 9.47 Å². The van der Waals surface area contributed by atoms with E-state index in [1.165, 1.54) is 12.8 Å². The Kier molecular flexibility index (Phi) is 9.48. The molecule has 0 aromatic heterocycles. The van der Waals surface area contributed by atoms with E-state index in [0.717, 1.165) is 68.6 Å². The van der Waals surface area contributed by atoms with Crippen molar-refractivity contribution >= 4 is 5.96 Å². The molecule has 7 heteroatoms. The van der Waals surface area contributed by atoms with Gasteiger partial charge in [0.25, 0.3) is 0 Å². The zero-order valence-electron chi connectivity index (χ0n) is 20.7. The highest BCUT2D eigenvalue weighted by atomic mass is 16.5. The van der Waals surface area contributed by atoms with Gasteiger partial charge in [0.1, 0.15) is 0 Å². The summed E-state index contributed by atoms with van der Waals surface area (Å²) in [7, 11) is 5.74. The lowest BCUT2D eigenvalue weighted by molar-refractivity contribution is 0.0900. The van der Waals surface area contributed by atoms with Crippen molar-refractivity contribution in [2.24, 2.45) is 10.9 Å². The number of rotatable bonds is 9. The number of nitrogens with zero attached hydrogens (tertiary/aromatic N) is 3. The number of hydrogen-bond acceptors (Lipinski definition) is 5. The minimum atomic E-state index is 0.290. The molecule has 1 aromatic carbocycles. The molecule has 7 nitrogen and oxygen atoms in total. The smallest absolute Gasteiger partial charge is 0.191 e. The second-order valence-corrected chi connectivity index (χ2v) is 9.43. The third kappa shape index (κ3) is 6.75. The predicted octanol–water partition coefficient (Wildman–Crippen LogP) is 2.95. The largest absolute Gasteiger partial charge is 0.493 e. The summed E-state index contributed by atoms with van der Waals surface area (Å²) in [5.41, 5.74) is 1.10. The first-order valence-electron chi connectivity index (χ1n) is 12.2. The molecule has 2 N–H and O–H groups in total. The molecular weight excluding hydrogens is 402 g/mol. The minimum absolute atomic E-state index is 0.290. The lowest BCUT2D eigenvalue weighted by atomic mass is 10.0. The summed E-state index contributed by atoms with van der Waals surface area (Å²) >= 11 is 0. The first kappa shape index (κ1) is 24.6. The van der Waals surface area contributed by atoms with E-state index in [-0.39, 0.29) is 6.10 Å². The van der Waals surface area contributed by atoms with Crippen LogP contribution in [0.4, 0.5) is 0 Å². The summed E-state index contributed by atoms with van der Waals surface area (Å²) in [6.45, 7) is 10.7. The molecule has 2 aliphatic rings. The van der Waals surface area contributed by atoms with Gasteiger partial charge in [-0.2, -0.15) is 0 Å². The molecule has 0 spiro atoms. The fourth-order valence-corrected chi connectivity index (χ4v) is 4.71. The zero-order valence-corrected chi connectivity index (χ0v) is 20.7. The van der Waals surface area contributed by atoms with Gasteiger partial charge in [0, 0.05) is 57.9 Å². The number of benzene rings is 1. The van der Waals surface area contributed by atoms with Gasteiger partial charge in [0.15, 0.2) is 17.5 Å². The van der Waals surface area contributed by atoms with Crippen LogP contribution in [0.5, 0.6) is 11.5 Å². The van der Waals surface area contributed by atoms with Crippen LogP contribution in [0.25, 0.3) is 0 Å². The number of likely N-dealkylation sites (N-methyl/N-ethyl adjacent to an activating group) is 1. The number of piperazine rings is 1. The van der Waals surface area contributed by atoms with Crippen LogP contribution in [0.15, 0.2) is 23.2 Å². The fourth-order valence-electron chi connectivity index (χ4n) is 4.71. The molecule has 1 aliphatic heterocycles. The molecule has 1 saturated heterocycles. The Hall–Kier alpha value is -1.99. The second-order valence-electron chi connectivity index (χ2n) is 9.43. The summed E-state index contributed by atoms with van der Waals surface area (Å²) in [6, 6.07) is 6.59. The topological polar surface area (TPSA) is 61.4 Å². The van der Waals surface area contributed by atoms with E-state index < -0.39 is 0 Å². The maximum absolute atomic E-state index is 6.38. The highest BCUT2D eigenvalue weighted by Gasteiger charge is 2.25. The number of para-hydroxylation sites is 1. The van der Waals surface area contributed by atoms with Crippen LogP contribution in [-0.4, -0.2) is 81.8 Å². The van der Waals surface area contributed by atoms with Gasteiger partial charge >= 0.3 is 0 Å². The number of methoxy groups -OCH3 is 1. The van der Waals surface area contributed by atoms with Gasteiger partial charge in [-0.15, -0.1) is 0 Å². The van der Waals surface area contributed by atoms with E-state index in [0.29, 0.717) is 18.5 Å². The molecular formula is C25H43N5O2. The SMILES string of the molecule is CN=C(NCc1cccc(OC)c1OC1CCCC1)NCC(C(C)C)N1CCN(C)CC1. The average Bonchev–Trinajstić information content (AvgIpc) is 3.31. The van der Waals surface area contributed by atoms with E-state index in [1.807, 2.05) is 19.2 Å². The molecule has 180 valence electrons. The Balaban J connectivity index is 1.59. The van der Waals surface area contributed by atoms with Gasteiger partial charge in [0.2, 0.25) is 0 Å². The third-order valence-electron chi connectivity index (χ3n) is 6.79. The van der Waals surface area contributed by atoms with Crippen molar-refractivity contribution in [2.75, 3.05) is 53.9 Å². The number of aliphatic imine (C=N–C) groups is 1. The Morgan fingerprint density at radius 3 is 2.47 bits per heavy atom. The second kappa shape index (κ2) is 12.3. The van der Waals surface area contributed by atoms with Crippen molar-refractivity contribution < 1.29 is 9.47 Å². The first-order chi connectivity index (χ1) is 15.5. The summed E-state index contributed by atoms with van der Waals surface area (Å²) in [6.07, 6.45) is 5.02. The third-order valence-corrected chi connectivity index (χ3v) is 6.79. The van der Waals surface area contributed by atoms with Crippen molar-refractivity contribution in [3.63, 3.8) is 0 Å². The van der Waals surface area contributed by atoms with Gasteiger partial charge < -0.3 is 25.0 Å². The quantitative estimate of drug-likeness (QED) is 0.450. The molecule has 1 atom stereocenters. The lowest BCUT2D eigenvalue weighted by Crippen LogP contribution is -2.55. The Labute approximate surface area is 194 Å². The Morgan fingerprint density at radius 1 is 1.12 bits per heavy atom. The molecule has 0 amide bonds. The van der Waals surface area contributed by atoms with E-state index >= 15 is 0 Å². The first-order valence-corrected chi connectivity index (χ1v) is 12.2. The van der Waals surface area contributed by atoms with Crippen LogP contribution < -0.4 is 20.1 Å². The van der Waals surface area contributed by atoms with Crippen LogP contribution in [0, 0.1) is 5.92 Å². The molecule has 1 saturated carbocycles. The molecule has 1 aliphatic carbocycles. The zero-order chi connectivity index (χ0) is 22.9. The Bertz CT molecular complexity index is 725. The number of guanidine groups is 1. The lowest BCUT2D eigenvalue weighted by Gasteiger charge is -2.40. The Morgan fingerprint density at radius 2 is 1.84 bits per heavy atom. The van der Waals surface area contributed by atoms with Crippen LogP contribution in [0.1, 0.15) is 45.1 Å². The fraction of sp³-hybridized carbons (Fsp3) is 0.720. The summed E-state index contributed by atoms with van der Waals surface area (Å²) in [5, 5.41) is 7.05. The summed E-state index contributed by atoms with van der Waals surface area (Å²) in [4.78, 5) is 9.48. The van der Waals surface area contributed by atoms with Crippen molar-refractivity contribution in [3.8, 4) is 11.5 Å². The van der Waals surface area contributed by atoms with Gasteiger partial charge in [0.05, 0.1) is 13.2 Å². The molecule has 2 fully saturated rings. The van der Waals surface area contributed by atoms with Crippen LogP contribution >= 0.6 is 0 Å². The standard InChI is InChI=1S/C25H43N5O2/c1-19(2)22(30-15-13-29(4)14-16-30)18-28-25(26-3)27-17-20-9-8-12-23(31-5)24(20)32-21-10-6-7-11-21/h8-9,12,19,21-22H,6-7,10-11,13-18H2,1-5H3,(H2,26,27,28). The normalized spacial score (nSPS) is 19.9. The van der Waals surface area contributed by atoms with Gasteiger partial charge in [-0.25, -0.2) is 0 Å². The monoisotopic (exact) mass is 445 g/mol. The van der Waals surface area contributed by atoms with Gasteiger partial charge in [-0.3, -0.25) is 9.89 Å². The van der Waals surface area contributed by atoms with Crippen molar-refractivity contribution in [2.45, 2.75) is 58.2 Å². The molecule has 32 heavy (non-hydrogen) atoms. The van der Waals surface area contributed by atoms with Crippen LogP contribution in [0.3, 0.4) is 0 Å². The van der Waals surface area contributed by atoms with Crippen LogP contribution in [-0.2, 0) is 6.54 Å². The highest BCUT2D eigenvalue weighted by Crippen LogP contribution is 2.34. The molecule has 1 unspecified atom stereocenters. The minimum Gasteiger partial charge on any atom is -0.493 e. The van der Waals surface area contributed by atoms with E-state index in [9.17, 15) is 0 Å². The average molecular weight is 446 g/mol. The summed E-state index contributed by atoms with van der Waals surface area (Å²) < 4.78 is 12.0. The molecule has 3 rings (SSSR count). The summed E-state index contributed by atoms with van der Waals surface area (Å²) in [5.74, 6) is 3.06. The molecule has 0 radical (unpaired) electrons. The van der Waals surface area contributed by atoms with Crippen molar-refractivity contribution in [1.82, 2.24) is 20.4 Å². The number of hydrogen-bond donors (Lipinski definition) is 2. The number of nitrogens with one attached hydrogen (secondary N) is 2. The molecule has 1 aromatic rings. The highest BCUT2D eigenvalue weighted by molar-refractivity contribution is 5.79. The maximum Gasteiger partial charge on any atom is 0.191 e.